The van der Waals surface area contributed by atoms with E-state index in [9.17, 15) is 9.59 Å². The third kappa shape index (κ3) is 5.59. The number of rotatable bonds is 7. The Morgan fingerprint density at radius 3 is 2.35 bits per heavy atom. The van der Waals surface area contributed by atoms with Crippen molar-refractivity contribution in [2.24, 2.45) is 5.92 Å². The van der Waals surface area contributed by atoms with Gasteiger partial charge in [-0.25, -0.2) is 4.79 Å². The van der Waals surface area contributed by atoms with Gasteiger partial charge in [-0.3, -0.25) is 4.79 Å². The highest BCUT2D eigenvalue weighted by atomic mass is 16.5. The van der Waals surface area contributed by atoms with Crippen molar-refractivity contribution in [3.05, 3.63) is 48.0 Å². The fourth-order valence-electron chi connectivity index (χ4n) is 3.66. The maximum Gasteiger partial charge on any atom is 0.321 e. The zero-order chi connectivity index (χ0) is 22.2. The van der Waals surface area contributed by atoms with Crippen molar-refractivity contribution in [1.29, 1.82) is 0 Å². The van der Waals surface area contributed by atoms with Crippen LogP contribution in [-0.4, -0.2) is 51.3 Å². The van der Waals surface area contributed by atoms with Crippen LogP contribution >= 0.6 is 0 Å². The predicted octanol–water partition coefficient (Wildman–Crippen LogP) is 3.27. The Kier molecular flexibility index (Phi) is 7.59. The molecule has 1 aliphatic heterocycles. The van der Waals surface area contributed by atoms with E-state index in [-0.39, 0.29) is 24.4 Å². The van der Waals surface area contributed by atoms with Crippen molar-refractivity contribution < 1.29 is 23.8 Å². The van der Waals surface area contributed by atoms with Crippen molar-refractivity contribution >= 4 is 17.6 Å². The number of anilines is 1. The van der Waals surface area contributed by atoms with Gasteiger partial charge in [0.25, 0.3) is 0 Å². The molecule has 2 aromatic carbocycles. The molecule has 0 aliphatic carbocycles. The fourth-order valence-corrected chi connectivity index (χ4v) is 3.66. The lowest BCUT2D eigenvalue weighted by Gasteiger charge is -2.32. The first kappa shape index (κ1) is 22.3. The van der Waals surface area contributed by atoms with Gasteiger partial charge < -0.3 is 29.7 Å². The molecular weight excluding hydrogens is 398 g/mol. The number of methoxy groups -OCH3 is 3. The molecule has 0 bridgehead atoms. The average molecular weight is 428 g/mol. The van der Waals surface area contributed by atoms with Crippen LogP contribution in [0, 0.1) is 5.92 Å². The van der Waals surface area contributed by atoms with Gasteiger partial charge in [-0.15, -0.1) is 0 Å². The van der Waals surface area contributed by atoms with E-state index in [0.717, 1.165) is 24.1 Å². The Bertz CT molecular complexity index is 904. The average Bonchev–Trinajstić information content (AvgIpc) is 2.82. The van der Waals surface area contributed by atoms with Crippen LogP contribution in [0.25, 0.3) is 0 Å². The van der Waals surface area contributed by atoms with Gasteiger partial charge in [-0.05, 0) is 31.0 Å². The number of likely N-dealkylation sites (tertiary alicyclic amines) is 1. The van der Waals surface area contributed by atoms with Gasteiger partial charge in [0.05, 0.1) is 27.2 Å². The summed E-state index contributed by atoms with van der Waals surface area (Å²) in [7, 11) is 4.68. The first-order valence-corrected chi connectivity index (χ1v) is 10.2. The van der Waals surface area contributed by atoms with E-state index in [0.29, 0.717) is 30.3 Å². The lowest BCUT2D eigenvalue weighted by Crippen LogP contribution is -2.46. The number of piperidine rings is 1. The maximum absolute atomic E-state index is 12.8. The fraction of sp³-hybridized carbons (Fsp3) is 0.391. The molecule has 0 spiro atoms. The highest BCUT2D eigenvalue weighted by Crippen LogP contribution is 2.34. The number of benzene rings is 2. The third-order valence-electron chi connectivity index (χ3n) is 5.34. The van der Waals surface area contributed by atoms with E-state index in [1.807, 2.05) is 30.3 Å². The highest BCUT2D eigenvalue weighted by Gasteiger charge is 2.28. The van der Waals surface area contributed by atoms with Crippen LogP contribution in [0.1, 0.15) is 18.4 Å². The lowest BCUT2D eigenvalue weighted by molar-refractivity contribution is -0.126. The van der Waals surface area contributed by atoms with Crippen molar-refractivity contribution in [1.82, 2.24) is 10.2 Å². The molecule has 1 saturated heterocycles. The lowest BCUT2D eigenvalue weighted by atomic mass is 9.97. The number of nitrogens with zero attached hydrogens (tertiary/aromatic N) is 1. The SMILES string of the molecule is COc1cc(OC)c(OC)cc1CNC(=O)C1CCCN(C(=O)Nc2ccccc2)C1. The number of para-hydroxylation sites is 1. The molecule has 1 fully saturated rings. The monoisotopic (exact) mass is 427 g/mol. The zero-order valence-electron chi connectivity index (χ0n) is 18.1. The minimum atomic E-state index is -0.263. The number of carbonyl (C=O) groups excluding carboxylic acids is 2. The Balaban J connectivity index is 1.60. The molecule has 8 nitrogen and oxygen atoms in total. The van der Waals surface area contributed by atoms with Crippen molar-refractivity contribution in [3.63, 3.8) is 0 Å². The van der Waals surface area contributed by atoms with Crippen LogP contribution in [0.15, 0.2) is 42.5 Å². The second kappa shape index (κ2) is 10.6. The van der Waals surface area contributed by atoms with Crippen LogP contribution in [-0.2, 0) is 11.3 Å². The third-order valence-corrected chi connectivity index (χ3v) is 5.34. The second-order valence-corrected chi connectivity index (χ2v) is 7.32. The van der Waals surface area contributed by atoms with Crippen LogP contribution in [0.2, 0.25) is 0 Å². The molecular formula is C23H29N3O5. The Morgan fingerprint density at radius 1 is 1.00 bits per heavy atom. The molecule has 2 N–H and O–H groups in total. The molecule has 0 aromatic heterocycles. The van der Waals surface area contributed by atoms with Gasteiger partial charge in [-0.1, -0.05) is 18.2 Å². The van der Waals surface area contributed by atoms with E-state index in [1.165, 1.54) is 0 Å². The van der Waals surface area contributed by atoms with Crippen LogP contribution < -0.4 is 24.8 Å². The van der Waals surface area contributed by atoms with Gasteiger partial charge in [-0.2, -0.15) is 0 Å². The summed E-state index contributed by atoms with van der Waals surface area (Å²) in [6, 6.07) is 12.6. The summed E-state index contributed by atoms with van der Waals surface area (Å²) in [5.41, 5.74) is 1.52. The molecule has 0 saturated carbocycles. The van der Waals surface area contributed by atoms with Crippen molar-refractivity contribution in [2.45, 2.75) is 19.4 Å². The smallest absolute Gasteiger partial charge is 0.321 e. The first-order valence-electron chi connectivity index (χ1n) is 10.2. The standard InChI is InChI=1S/C23H29N3O5/c1-29-19-13-21(31-3)20(30-2)12-17(19)14-24-22(27)16-8-7-11-26(15-16)23(28)25-18-9-5-4-6-10-18/h4-6,9-10,12-13,16H,7-8,11,14-15H2,1-3H3,(H,24,27)(H,25,28). The summed E-state index contributed by atoms with van der Waals surface area (Å²) in [6.45, 7) is 1.30. The molecule has 2 aromatic rings. The van der Waals surface area contributed by atoms with E-state index in [4.69, 9.17) is 14.2 Å². The molecule has 1 aliphatic rings. The maximum atomic E-state index is 12.8. The van der Waals surface area contributed by atoms with E-state index in [1.54, 1.807) is 38.4 Å². The molecule has 1 heterocycles. The van der Waals surface area contributed by atoms with Crippen molar-refractivity contribution in [3.8, 4) is 17.2 Å². The zero-order valence-corrected chi connectivity index (χ0v) is 18.1. The highest BCUT2D eigenvalue weighted by molar-refractivity contribution is 5.90. The number of hydrogen-bond donors (Lipinski definition) is 2. The van der Waals surface area contributed by atoms with Gasteiger partial charge in [0.1, 0.15) is 5.75 Å². The molecule has 31 heavy (non-hydrogen) atoms. The first-order chi connectivity index (χ1) is 15.0. The normalized spacial score (nSPS) is 15.7. The largest absolute Gasteiger partial charge is 0.496 e. The minimum absolute atomic E-state index is 0.0888. The minimum Gasteiger partial charge on any atom is -0.496 e. The number of carbonyl (C=O) groups is 2. The Morgan fingerprint density at radius 2 is 1.68 bits per heavy atom. The Labute approximate surface area is 182 Å². The second-order valence-electron chi connectivity index (χ2n) is 7.32. The number of nitrogens with one attached hydrogen (secondary N) is 2. The Hall–Kier alpha value is -3.42. The molecule has 1 unspecified atom stereocenters. The van der Waals surface area contributed by atoms with Gasteiger partial charge in [0.15, 0.2) is 11.5 Å². The summed E-state index contributed by atoms with van der Waals surface area (Å²) in [5.74, 6) is 1.37. The number of urea groups is 1. The van der Waals surface area contributed by atoms with E-state index < -0.39 is 0 Å². The summed E-state index contributed by atoms with van der Waals surface area (Å²) >= 11 is 0. The number of hydrogen-bond acceptors (Lipinski definition) is 5. The predicted molar refractivity (Wildman–Crippen MR) is 118 cm³/mol. The van der Waals surface area contributed by atoms with Crippen molar-refractivity contribution in [2.75, 3.05) is 39.7 Å². The van der Waals surface area contributed by atoms with E-state index in [2.05, 4.69) is 10.6 Å². The van der Waals surface area contributed by atoms with Crippen LogP contribution in [0.4, 0.5) is 10.5 Å². The van der Waals surface area contributed by atoms with Crippen LogP contribution in [0.3, 0.4) is 0 Å². The van der Waals surface area contributed by atoms with Gasteiger partial charge in [0.2, 0.25) is 5.91 Å². The van der Waals surface area contributed by atoms with Crippen LogP contribution in [0.5, 0.6) is 17.2 Å². The number of amides is 3. The van der Waals surface area contributed by atoms with E-state index >= 15 is 0 Å². The molecule has 8 heteroatoms. The number of ether oxygens (including phenoxy) is 3. The molecule has 0 radical (unpaired) electrons. The quantitative estimate of drug-likeness (QED) is 0.708. The summed E-state index contributed by atoms with van der Waals surface area (Å²) in [4.78, 5) is 27.1. The summed E-state index contributed by atoms with van der Waals surface area (Å²) in [6.07, 6.45) is 1.52. The molecule has 1 atom stereocenters. The summed E-state index contributed by atoms with van der Waals surface area (Å²) in [5, 5.41) is 5.85. The van der Waals surface area contributed by atoms with Gasteiger partial charge >= 0.3 is 6.03 Å². The molecule has 3 amide bonds. The van der Waals surface area contributed by atoms with Gasteiger partial charge in [0, 0.05) is 37.0 Å². The molecule has 166 valence electrons. The topological polar surface area (TPSA) is 89.1 Å². The molecule has 3 rings (SSSR count). The summed E-state index contributed by atoms with van der Waals surface area (Å²) < 4.78 is 16.1.